The molecule has 1 aliphatic carbocycles. The summed E-state index contributed by atoms with van der Waals surface area (Å²) in [7, 11) is 0. The highest BCUT2D eigenvalue weighted by molar-refractivity contribution is 5.90. The molecule has 0 aliphatic heterocycles. The van der Waals surface area contributed by atoms with E-state index in [-0.39, 0.29) is 29.9 Å². The Morgan fingerprint density at radius 3 is 2.35 bits per heavy atom. The van der Waals surface area contributed by atoms with Crippen LogP contribution in [0.25, 0.3) is 11.0 Å². The molecule has 2 amide bonds. The van der Waals surface area contributed by atoms with Crippen LogP contribution in [0.5, 0.6) is 0 Å². The third-order valence-electron chi connectivity index (χ3n) is 6.72. The molecule has 1 atom stereocenters. The fourth-order valence-corrected chi connectivity index (χ4v) is 4.15. The summed E-state index contributed by atoms with van der Waals surface area (Å²) in [6.45, 7) is 10.4. The van der Waals surface area contributed by atoms with Crippen molar-refractivity contribution < 1.29 is 9.59 Å². The molecule has 7 nitrogen and oxygen atoms in total. The standard InChI is InChI=1S/C27H35N5O2/c1-6-27(4,5)28-26(34)25(20-13-11-19(12-14-20)18(2)3)32(21-15-16-21)24(33)17-31-23-10-8-7-9-22(23)29-30-31/h7-14,18,21,25H,6,15-17H2,1-5H3,(H,28,34)/t25-/m1/s1. The second-order valence-electron chi connectivity index (χ2n) is 10.2. The fourth-order valence-electron chi connectivity index (χ4n) is 4.15. The highest BCUT2D eigenvalue weighted by Gasteiger charge is 2.42. The van der Waals surface area contributed by atoms with Crippen LogP contribution < -0.4 is 5.32 Å². The predicted octanol–water partition coefficient (Wildman–Crippen LogP) is 4.59. The van der Waals surface area contributed by atoms with Gasteiger partial charge in [-0.05, 0) is 62.3 Å². The van der Waals surface area contributed by atoms with Gasteiger partial charge in [0.05, 0.1) is 5.52 Å². The number of rotatable bonds is 9. The molecule has 3 aromatic rings. The van der Waals surface area contributed by atoms with Crippen molar-refractivity contribution in [2.24, 2.45) is 0 Å². The zero-order chi connectivity index (χ0) is 24.5. The van der Waals surface area contributed by atoms with Crippen molar-refractivity contribution >= 4 is 22.8 Å². The van der Waals surface area contributed by atoms with Crippen LogP contribution >= 0.6 is 0 Å². The fraction of sp³-hybridized carbons (Fsp3) is 0.481. The lowest BCUT2D eigenvalue weighted by Gasteiger charge is -2.35. The summed E-state index contributed by atoms with van der Waals surface area (Å²) in [6, 6.07) is 15.1. The second kappa shape index (κ2) is 9.57. The van der Waals surface area contributed by atoms with Crippen LogP contribution in [0.3, 0.4) is 0 Å². The molecular weight excluding hydrogens is 426 g/mol. The van der Waals surface area contributed by atoms with Gasteiger partial charge in [-0.3, -0.25) is 9.59 Å². The van der Waals surface area contributed by atoms with E-state index in [1.165, 1.54) is 5.56 Å². The number of benzene rings is 2. The lowest BCUT2D eigenvalue weighted by molar-refractivity contribution is -0.143. The monoisotopic (exact) mass is 461 g/mol. The van der Waals surface area contributed by atoms with E-state index < -0.39 is 6.04 Å². The Labute approximate surface area is 201 Å². The van der Waals surface area contributed by atoms with E-state index in [9.17, 15) is 9.59 Å². The molecule has 180 valence electrons. The lowest BCUT2D eigenvalue weighted by atomic mass is 9.96. The molecule has 1 aliphatic rings. The molecule has 0 unspecified atom stereocenters. The first-order valence-corrected chi connectivity index (χ1v) is 12.2. The van der Waals surface area contributed by atoms with Crippen molar-refractivity contribution in [1.82, 2.24) is 25.2 Å². The van der Waals surface area contributed by atoms with E-state index in [1.807, 2.05) is 57.2 Å². The molecule has 4 rings (SSSR count). The third-order valence-corrected chi connectivity index (χ3v) is 6.72. The maximum absolute atomic E-state index is 13.7. The van der Waals surface area contributed by atoms with E-state index in [2.05, 4.69) is 41.6 Å². The third kappa shape index (κ3) is 5.13. The summed E-state index contributed by atoms with van der Waals surface area (Å²) in [5.74, 6) is 0.121. The summed E-state index contributed by atoms with van der Waals surface area (Å²) < 4.78 is 1.62. The molecule has 0 radical (unpaired) electrons. The quantitative estimate of drug-likeness (QED) is 0.505. The molecule has 1 heterocycles. The van der Waals surface area contributed by atoms with Gasteiger partial charge in [-0.2, -0.15) is 0 Å². The topological polar surface area (TPSA) is 80.1 Å². The van der Waals surface area contributed by atoms with Crippen molar-refractivity contribution in [3.05, 3.63) is 59.7 Å². The molecule has 1 N–H and O–H groups in total. The number of amides is 2. The SMILES string of the molecule is CCC(C)(C)NC(=O)[C@@H](c1ccc(C(C)C)cc1)N(C(=O)Cn1nnc2ccccc21)C1CC1. The normalized spacial score (nSPS) is 14.9. The Hall–Kier alpha value is -3.22. The Morgan fingerprint density at radius 1 is 1.09 bits per heavy atom. The van der Waals surface area contributed by atoms with Gasteiger partial charge < -0.3 is 10.2 Å². The van der Waals surface area contributed by atoms with Gasteiger partial charge >= 0.3 is 0 Å². The second-order valence-corrected chi connectivity index (χ2v) is 10.2. The molecule has 0 bridgehead atoms. The minimum atomic E-state index is -0.693. The number of nitrogens with one attached hydrogen (secondary N) is 1. The largest absolute Gasteiger partial charge is 0.349 e. The Bertz CT molecular complexity index is 1160. The van der Waals surface area contributed by atoms with Crippen LogP contribution in [0.1, 0.15) is 77.0 Å². The lowest BCUT2D eigenvalue weighted by Crippen LogP contribution is -2.51. The number of nitrogens with zero attached hydrogens (tertiary/aromatic N) is 4. The Morgan fingerprint density at radius 2 is 1.74 bits per heavy atom. The number of aromatic nitrogens is 3. The minimum absolute atomic E-state index is 0.0437. The number of para-hydroxylation sites is 1. The van der Waals surface area contributed by atoms with Crippen LogP contribution in [0.15, 0.2) is 48.5 Å². The molecule has 7 heteroatoms. The van der Waals surface area contributed by atoms with Crippen molar-refractivity contribution in [3.63, 3.8) is 0 Å². The van der Waals surface area contributed by atoms with Gasteiger partial charge in [0, 0.05) is 11.6 Å². The molecule has 2 aromatic carbocycles. The molecule has 0 spiro atoms. The summed E-state index contributed by atoms with van der Waals surface area (Å²) in [5.41, 5.74) is 3.22. The van der Waals surface area contributed by atoms with Crippen molar-refractivity contribution in [1.29, 1.82) is 0 Å². The summed E-state index contributed by atoms with van der Waals surface area (Å²) in [6.07, 6.45) is 2.59. The highest BCUT2D eigenvalue weighted by Crippen LogP contribution is 2.36. The van der Waals surface area contributed by atoms with Crippen LogP contribution in [0.2, 0.25) is 0 Å². The highest BCUT2D eigenvalue weighted by atomic mass is 16.2. The van der Waals surface area contributed by atoms with Crippen molar-refractivity contribution in [2.45, 2.75) is 84.0 Å². The van der Waals surface area contributed by atoms with E-state index in [4.69, 9.17) is 0 Å². The predicted molar refractivity (Wildman–Crippen MR) is 133 cm³/mol. The summed E-state index contributed by atoms with van der Waals surface area (Å²) in [5, 5.41) is 11.6. The molecular formula is C27H35N5O2. The zero-order valence-electron chi connectivity index (χ0n) is 20.8. The maximum Gasteiger partial charge on any atom is 0.247 e. The first-order chi connectivity index (χ1) is 16.2. The first kappa shape index (κ1) is 23.9. The molecule has 1 fully saturated rings. The zero-order valence-corrected chi connectivity index (χ0v) is 20.8. The van der Waals surface area contributed by atoms with E-state index >= 15 is 0 Å². The van der Waals surface area contributed by atoms with Gasteiger partial charge in [-0.25, -0.2) is 4.68 Å². The summed E-state index contributed by atoms with van der Waals surface area (Å²) in [4.78, 5) is 29.2. The van der Waals surface area contributed by atoms with E-state index in [0.717, 1.165) is 35.9 Å². The molecule has 1 saturated carbocycles. The van der Waals surface area contributed by atoms with E-state index in [1.54, 1.807) is 9.58 Å². The van der Waals surface area contributed by atoms with Crippen LogP contribution in [-0.2, 0) is 16.1 Å². The average molecular weight is 462 g/mol. The van der Waals surface area contributed by atoms with Crippen molar-refractivity contribution in [2.75, 3.05) is 0 Å². The number of carbonyl (C=O) groups is 2. The number of hydrogen-bond donors (Lipinski definition) is 1. The van der Waals surface area contributed by atoms with Gasteiger partial charge in [-0.15, -0.1) is 5.10 Å². The van der Waals surface area contributed by atoms with Gasteiger partial charge in [0.2, 0.25) is 11.8 Å². The van der Waals surface area contributed by atoms with E-state index in [0.29, 0.717) is 5.92 Å². The van der Waals surface area contributed by atoms with Crippen LogP contribution in [-0.4, -0.2) is 43.3 Å². The number of hydrogen-bond acceptors (Lipinski definition) is 4. The maximum atomic E-state index is 13.7. The van der Waals surface area contributed by atoms with Gasteiger partial charge in [0.1, 0.15) is 18.1 Å². The average Bonchev–Trinajstić information content (AvgIpc) is 3.57. The Balaban J connectivity index is 1.69. The smallest absolute Gasteiger partial charge is 0.247 e. The number of fused-ring (bicyclic) bond motifs is 1. The van der Waals surface area contributed by atoms with Gasteiger partial charge in [0.25, 0.3) is 0 Å². The van der Waals surface area contributed by atoms with Gasteiger partial charge in [0.15, 0.2) is 0 Å². The van der Waals surface area contributed by atoms with Crippen molar-refractivity contribution in [3.8, 4) is 0 Å². The first-order valence-electron chi connectivity index (χ1n) is 12.2. The van der Waals surface area contributed by atoms with Crippen LogP contribution in [0.4, 0.5) is 0 Å². The Kier molecular flexibility index (Phi) is 6.73. The number of carbonyl (C=O) groups excluding carboxylic acids is 2. The molecule has 34 heavy (non-hydrogen) atoms. The van der Waals surface area contributed by atoms with Crippen LogP contribution in [0, 0.1) is 0 Å². The summed E-state index contributed by atoms with van der Waals surface area (Å²) >= 11 is 0. The minimum Gasteiger partial charge on any atom is -0.349 e. The molecule has 1 aromatic heterocycles. The van der Waals surface area contributed by atoms with Gasteiger partial charge in [-0.1, -0.05) is 62.4 Å². The molecule has 0 saturated heterocycles.